The first-order valence-electron chi connectivity index (χ1n) is 5.00. The number of nitrogens with one attached hydrogen (secondary N) is 1. The summed E-state index contributed by atoms with van der Waals surface area (Å²) >= 11 is 0. The van der Waals surface area contributed by atoms with E-state index in [9.17, 15) is 8.42 Å². The van der Waals surface area contributed by atoms with Gasteiger partial charge in [-0.3, -0.25) is 4.72 Å². The average molecular weight is 227 g/mol. The lowest BCUT2D eigenvalue weighted by Crippen LogP contribution is -2.11. The lowest BCUT2D eigenvalue weighted by molar-refractivity contribution is 0.606. The lowest BCUT2D eigenvalue weighted by atomic mass is 10.0. The van der Waals surface area contributed by atoms with Crippen LogP contribution in [0.4, 0.5) is 5.69 Å². The zero-order valence-corrected chi connectivity index (χ0v) is 10.2. The third kappa shape index (κ3) is 3.55. The number of benzene rings is 1. The maximum absolute atomic E-state index is 11.2. The molecule has 1 rings (SSSR count). The Morgan fingerprint density at radius 1 is 1.33 bits per heavy atom. The molecule has 0 atom stereocenters. The van der Waals surface area contributed by atoms with E-state index in [1.807, 2.05) is 19.1 Å². The van der Waals surface area contributed by atoms with E-state index < -0.39 is 10.0 Å². The van der Waals surface area contributed by atoms with Crippen LogP contribution >= 0.6 is 0 Å². The molecule has 0 spiro atoms. The highest BCUT2D eigenvalue weighted by atomic mass is 32.2. The van der Waals surface area contributed by atoms with Gasteiger partial charge in [0.2, 0.25) is 10.0 Å². The van der Waals surface area contributed by atoms with E-state index in [2.05, 4.69) is 11.6 Å². The molecule has 0 aliphatic carbocycles. The van der Waals surface area contributed by atoms with Crippen molar-refractivity contribution >= 4 is 15.7 Å². The smallest absolute Gasteiger partial charge is 0.229 e. The zero-order valence-electron chi connectivity index (χ0n) is 9.37. The summed E-state index contributed by atoms with van der Waals surface area (Å²) in [5, 5.41) is 0. The molecule has 1 aromatic rings. The first-order chi connectivity index (χ1) is 6.94. The summed E-state index contributed by atoms with van der Waals surface area (Å²) in [7, 11) is -3.18. The van der Waals surface area contributed by atoms with Crippen LogP contribution in [0, 0.1) is 6.92 Å². The van der Waals surface area contributed by atoms with E-state index in [0.717, 1.165) is 24.0 Å². The van der Waals surface area contributed by atoms with E-state index in [0.29, 0.717) is 5.69 Å². The molecule has 84 valence electrons. The Kier molecular flexibility index (Phi) is 3.74. The van der Waals surface area contributed by atoms with E-state index in [-0.39, 0.29) is 0 Å². The average Bonchev–Trinajstić information content (AvgIpc) is 2.08. The molecule has 0 saturated heterocycles. The topological polar surface area (TPSA) is 46.2 Å². The molecular formula is C11H17NO2S. The molecule has 0 heterocycles. The summed E-state index contributed by atoms with van der Waals surface area (Å²) in [6.45, 7) is 4.08. The van der Waals surface area contributed by atoms with Crippen molar-refractivity contribution in [3.05, 3.63) is 29.3 Å². The van der Waals surface area contributed by atoms with Crippen LogP contribution in [-0.4, -0.2) is 14.7 Å². The van der Waals surface area contributed by atoms with Gasteiger partial charge < -0.3 is 0 Å². The monoisotopic (exact) mass is 227 g/mol. The van der Waals surface area contributed by atoms with Gasteiger partial charge in [-0.25, -0.2) is 8.42 Å². The fourth-order valence-corrected chi connectivity index (χ4v) is 2.17. The Labute approximate surface area is 91.6 Å². The summed E-state index contributed by atoms with van der Waals surface area (Å²) in [6.07, 6.45) is 3.07. The Balaban J connectivity index is 3.11. The molecule has 15 heavy (non-hydrogen) atoms. The van der Waals surface area contributed by atoms with E-state index in [4.69, 9.17) is 0 Å². The number of sulfonamides is 1. The molecule has 0 bridgehead atoms. The summed E-state index contributed by atoms with van der Waals surface area (Å²) in [4.78, 5) is 0. The standard InChI is InChI=1S/C11H17NO2S/c1-4-6-10-9(2)7-5-8-11(10)12-15(3,13)14/h5,7-8,12H,4,6H2,1-3H3. The summed E-state index contributed by atoms with van der Waals surface area (Å²) in [5.74, 6) is 0. The molecule has 0 aliphatic rings. The van der Waals surface area contributed by atoms with Gasteiger partial charge in [0.05, 0.1) is 11.9 Å². The molecule has 0 amide bonds. The van der Waals surface area contributed by atoms with Crippen molar-refractivity contribution in [2.45, 2.75) is 26.7 Å². The highest BCUT2D eigenvalue weighted by molar-refractivity contribution is 7.92. The van der Waals surface area contributed by atoms with Gasteiger partial charge >= 0.3 is 0 Å². The maximum Gasteiger partial charge on any atom is 0.229 e. The van der Waals surface area contributed by atoms with Crippen LogP contribution in [0.3, 0.4) is 0 Å². The van der Waals surface area contributed by atoms with Crippen molar-refractivity contribution in [1.82, 2.24) is 0 Å². The molecule has 3 nitrogen and oxygen atoms in total. The molecule has 0 saturated carbocycles. The Bertz CT molecular complexity index is 438. The van der Waals surface area contributed by atoms with Gasteiger partial charge in [0.1, 0.15) is 0 Å². The van der Waals surface area contributed by atoms with Crippen LogP contribution in [0.2, 0.25) is 0 Å². The number of anilines is 1. The van der Waals surface area contributed by atoms with Crippen molar-refractivity contribution in [3.63, 3.8) is 0 Å². The SMILES string of the molecule is CCCc1c(C)cccc1NS(C)(=O)=O. The van der Waals surface area contributed by atoms with Gasteiger partial charge in [-0.15, -0.1) is 0 Å². The first kappa shape index (κ1) is 12.0. The molecule has 1 N–H and O–H groups in total. The summed E-state index contributed by atoms with van der Waals surface area (Å²) < 4.78 is 24.9. The largest absolute Gasteiger partial charge is 0.283 e. The van der Waals surface area contributed by atoms with E-state index >= 15 is 0 Å². The van der Waals surface area contributed by atoms with Crippen molar-refractivity contribution in [3.8, 4) is 0 Å². The molecule has 1 aromatic carbocycles. The Hall–Kier alpha value is -1.03. The summed E-state index contributed by atoms with van der Waals surface area (Å²) in [5.41, 5.74) is 2.93. The molecule has 0 unspecified atom stereocenters. The van der Waals surface area contributed by atoms with Crippen LogP contribution in [-0.2, 0) is 16.4 Å². The van der Waals surface area contributed by atoms with Crippen LogP contribution in [0.25, 0.3) is 0 Å². The quantitative estimate of drug-likeness (QED) is 0.858. The van der Waals surface area contributed by atoms with Gasteiger partial charge in [-0.05, 0) is 30.5 Å². The molecule has 0 aromatic heterocycles. The normalized spacial score (nSPS) is 11.4. The minimum atomic E-state index is -3.18. The third-order valence-electron chi connectivity index (χ3n) is 2.21. The highest BCUT2D eigenvalue weighted by Gasteiger charge is 2.08. The summed E-state index contributed by atoms with van der Waals surface area (Å²) in [6, 6.07) is 5.67. The van der Waals surface area contributed by atoms with E-state index in [1.54, 1.807) is 6.07 Å². The molecule has 0 aliphatic heterocycles. The predicted molar refractivity (Wildman–Crippen MR) is 63.6 cm³/mol. The van der Waals surface area contributed by atoms with Gasteiger partial charge in [0, 0.05) is 0 Å². The van der Waals surface area contributed by atoms with Gasteiger partial charge in [0.15, 0.2) is 0 Å². The molecule has 0 fully saturated rings. The van der Waals surface area contributed by atoms with Crippen LogP contribution < -0.4 is 4.72 Å². The number of aryl methyl sites for hydroxylation is 1. The predicted octanol–water partition coefficient (Wildman–Crippen LogP) is 2.32. The van der Waals surface area contributed by atoms with Crippen LogP contribution in [0.15, 0.2) is 18.2 Å². The van der Waals surface area contributed by atoms with Gasteiger partial charge in [-0.1, -0.05) is 25.5 Å². The maximum atomic E-state index is 11.2. The van der Waals surface area contributed by atoms with Crippen molar-refractivity contribution in [2.24, 2.45) is 0 Å². The van der Waals surface area contributed by atoms with Crippen LogP contribution in [0.5, 0.6) is 0 Å². The second-order valence-corrected chi connectivity index (χ2v) is 5.47. The number of hydrogen-bond donors (Lipinski definition) is 1. The van der Waals surface area contributed by atoms with E-state index in [1.165, 1.54) is 6.26 Å². The Morgan fingerprint density at radius 2 is 2.00 bits per heavy atom. The van der Waals surface area contributed by atoms with Crippen molar-refractivity contribution in [2.75, 3.05) is 11.0 Å². The third-order valence-corrected chi connectivity index (χ3v) is 2.80. The fraction of sp³-hybridized carbons (Fsp3) is 0.455. The molecule has 0 radical (unpaired) electrons. The first-order valence-corrected chi connectivity index (χ1v) is 6.89. The number of hydrogen-bond acceptors (Lipinski definition) is 2. The highest BCUT2D eigenvalue weighted by Crippen LogP contribution is 2.21. The minimum Gasteiger partial charge on any atom is -0.283 e. The van der Waals surface area contributed by atoms with Gasteiger partial charge in [0.25, 0.3) is 0 Å². The van der Waals surface area contributed by atoms with Gasteiger partial charge in [-0.2, -0.15) is 0 Å². The second-order valence-electron chi connectivity index (χ2n) is 3.73. The number of rotatable bonds is 4. The minimum absolute atomic E-state index is 0.708. The second kappa shape index (κ2) is 4.66. The molecule has 4 heteroatoms. The fourth-order valence-electron chi connectivity index (χ4n) is 1.58. The van der Waals surface area contributed by atoms with Crippen molar-refractivity contribution in [1.29, 1.82) is 0 Å². The lowest BCUT2D eigenvalue weighted by Gasteiger charge is -2.12. The van der Waals surface area contributed by atoms with Crippen LogP contribution in [0.1, 0.15) is 24.5 Å². The Morgan fingerprint density at radius 3 is 2.53 bits per heavy atom. The molecular weight excluding hydrogens is 210 g/mol. The van der Waals surface area contributed by atoms with Crippen molar-refractivity contribution < 1.29 is 8.42 Å². The zero-order chi connectivity index (χ0) is 11.5.